The van der Waals surface area contributed by atoms with Crippen LogP contribution >= 0.6 is 0 Å². The molecule has 0 radical (unpaired) electrons. The second kappa shape index (κ2) is 10.3. The molecule has 6 nitrogen and oxygen atoms in total. The molecular weight excluding hydrogens is 252 g/mol. The molecule has 0 aromatic heterocycles. The maximum atomic E-state index is 10.4. The molecule has 2 amide bonds. The molecule has 0 fully saturated rings. The quantitative estimate of drug-likeness (QED) is 0.326. The van der Waals surface area contributed by atoms with E-state index >= 15 is 0 Å². The van der Waals surface area contributed by atoms with E-state index < -0.39 is 12.0 Å². The van der Waals surface area contributed by atoms with Gasteiger partial charge in [0.2, 0.25) is 0 Å². The number of urea groups is 1. The smallest absolute Gasteiger partial charge is 0.312 e. The molecule has 0 aromatic carbocycles. The first kappa shape index (κ1) is 17.4. The molecule has 7 heteroatoms. The van der Waals surface area contributed by atoms with E-state index in [1.54, 1.807) is 14.2 Å². The van der Waals surface area contributed by atoms with Crippen molar-refractivity contribution in [3.05, 3.63) is 0 Å². The number of carbonyl (C=O) groups is 1. The minimum Gasteiger partial charge on any atom is -0.352 e. The summed E-state index contributed by atoms with van der Waals surface area (Å²) in [7, 11) is 3.01. The average molecular weight is 278 g/mol. The van der Waals surface area contributed by atoms with Crippen molar-refractivity contribution in [2.75, 3.05) is 27.4 Å². The van der Waals surface area contributed by atoms with E-state index in [0.717, 1.165) is 12.5 Å². The van der Waals surface area contributed by atoms with Gasteiger partial charge in [0.15, 0.2) is 0 Å². The van der Waals surface area contributed by atoms with Crippen molar-refractivity contribution in [2.45, 2.75) is 37.8 Å². The van der Waals surface area contributed by atoms with Gasteiger partial charge in [0.25, 0.3) is 5.97 Å². The monoisotopic (exact) mass is 278 g/mol. The van der Waals surface area contributed by atoms with Crippen molar-refractivity contribution in [2.24, 2.45) is 5.73 Å². The Hall–Kier alpha value is -0.633. The van der Waals surface area contributed by atoms with Crippen molar-refractivity contribution >= 4 is 15.6 Å². The highest BCUT2D eigenvalue weighted by Gasteiger charge is 2.27. The van der Waals surface area contributed by atoms with Gasteiger partial charge in [-0.1, -0.05) is 13.0 Å². The summed E-state index contributed by atoms with van der Waals surface area (Å²) in [5.41, 5.74) is 4.97. The number of nitrogens with two attached hydrogens (primary N) is 1. The van der Waals surface area contributed by atoms with E-state index in [0.29, 0.717) is 19.6 Å². The zero-order valence-corrected chi connectivity index (χ0v) is 13.1. The number of primary amides is 1. The minimum absolute atomic E-state index is 0.147. The zero-order valence-electron chi connectivity index (χ0n) is 11.7. The lowest BCUT2D eigenvalue weighted by Gasteiger charge is -2.29. The Morgan fingerprint density at radius 3 is 2.50 bits per heavy atom. The van der Waals surface area contributed by atoms with E-state index in [2.05, 4.69) is 5.32 Å². The SMILES string of the molecule is CCC(OC)(OC)OCCC[SiH2]CCNC(N)=O. The molecule has 0 bridgehead atoms. The highest BCUT2D eigenvalue weighted by molar-refractivity contribution is 6.35. The van der Waals surface area contributed by atoms with Gasteiger partial charge in [-0.2, -0.15) is 0 Å². The maximum Gasteiger partial charge on any atom is 0.312 e. The van der Waals surface area contributed by atoms with Crippen LogP contribution in [0.4, 0.5) is 4.79 Å². The second-order valence-corrected chi connectivity index (χ2v) is 6.12. The number of rotatable bonds is 11. The highest BCUT2D eigenvalue weighted by Crippen LogP contribution is 2.18. The van der Waals surface area contributed by atoms with Gasteiger partial charge in [0.1, 0.15) is 0 Å². The van der Waals surface area contributed by atoms with Crippen molar-refractivity contribution in [1.29, 1.82) is 0 Å². The molecular formula is C11H26N2O4Si. The molecule has 0 atom stereocenters. The molecule has 0 spiro atoms. The summed E-state index contributed by atoms with van der Waals surface area (Å²) in [5, 5.41) is 2.59. The molecule has 0 heterocycles. The Morgan fingerprint density at radius 1 is 1.33 bits per heavy atom. The third-order valence-corrected chi connectivity index (χ3v) is 4.60. The van der Waals surface area contributed by atoms with Gasteiger partial charge in [-0.3, -0.25) is 0 Å². The van der Waals surface area contributed by atoms with Crippen LogP contribution in [0.2, 0.25) is 12.1 Å². The average Bonchev–Trinajstić information content (AvgIpc) is 2.38. The molecule has 0 aromatic rings. The van der Waals surface area contributed by atoms with Crippen molar-refractivity contribution in [1.82, 2.24) is 5.32 Å². The Labute approximate surface area is 111 Å². The molecule has 0 unspecified atom stereocenters. The van der Waals surface area contributed by atoms with Gasteiger partial charge < -0.3 is 25.3 Å². The van der Waals surface area contributed by atoms with E-state index in [4.69, 9.17) is 19.9 Å². The number of amides is 2. The summed E-state index contributed by atoms with van der Waals surface area (Å²) < 4.78 is 16.0. The number of hydrogen-bond acceptors (Lipinski definition) is 4. The standard InChI is InChI=1S/C11H26N2O4Si/c1-4-11(15-2,16-3)17-7-5-8-18-9-6-13-10(12)14/h4-9,18H2,1-3H3,(H3,12,13,14). The van der Waals surface area contributed by atoms with Crippen LogP contribution in [0.5, 0.6) is 0 Å². The van der Waals surface area contributed by atoms with Crippen LogP contribution in [0.25, 0.3) is 0 Å². The lowest BCUT2D eigenvalue weighted by atomic mass is 10.4. The van der Waals surface area contributed by atoms with E-state index in [1.165, 1.54) is 6.04 Å². The molecule has 0 rings (SSSR count). The Kier molecular flexibility index (Phi) is 9.94. The Bertz CT molecular complexity index is 217. The molecule has 108 valence electrons. The molecule has 3 N–H and O–H groups in total. The van der Waals surface area contributed by atoms with Crippen molar-refractivity contribution in [3.8, 4) is 0 Å². The van der Waals surface area contributed by atoms with E-state index in [9.17, 15) is 4.79 Å². The van der Waals surface area contributed by atoms with Crippen molar-refractivity contribution in [3.63, 3.8) is 0 Å². The van der Waals surface area contributed by atoms with Crippen LogP contribution < -0.4 is 11.1 Å². The summed E-state index contributed by atoms with van der Waals surface area (Å²) >= 11 is 0. The first-order valence-corrected chi connectivity index (χ1v) is 8.37. The number of nitrogens with one attached hydrogen (secondary N) is 1. The molecule has 0 saturated heterocycles. The third kappa shape index (κ3) is 7.65. The Balaban J connectivity index is 3.47. The minimum atomic E-state index is -0.894. The van der Waals surface area contributed by atoms with Crippen molar-refractivity contribution < 1.29 is 19.0 Å². The fourth-order valence-electron chi connectivity index (χ4n) is 1.61. The fourth-order valence-corrected chi connectivity index (χ4v) is 2.95. The van der Waals surface area contributed by atoms with Gasteiger partial charge in [0, 0.05) is 36.7 Å². The van der Waals surface area contributed by atoms with Gasteiger partial charge in [-0.15, -0.1) is 0 Å². The summed E-state index contributed by atoms with van der Waals surface area (Å²) in [6.07, 6.45) is 1.65. The van der Waals surface area contributed by atoms with Gasteiger partial charge in [-0.25, -0.2) is 4.79 Å². The predicted octanol–water partition coefficient (Wildman–Crippen LogP) is 0.423. The number of methoxy groups -OCH3 is 2. The number of carbonyl (C=O) groups excluding carboxylic acids is 1. The maximum absolute atomic E-state index is 10.4. The van der Waals surface area contributed by atoms with Crippen LogP contribution in [-0.2, 0) is 14.2 Å². The van der Waals surface area contributed by atoms with Crippen LogP contribution in [-0.4, -0.2) is 48.9 Å². The summed E-state index contributed by atoms with van der Waals surface area (Å²) in [5.74, 6) is -0.894. The summed E-state index contributed by atoms with van der Waals surface area (Å²) in [6.45, 7) is 3.28. The first-order valence-electron chi connectivity index (χ1n) is 6.37. The van der Waals surface area contributed by atoms with Gasteiger partial charge in [-0.05, 0) is 12.5 Å². The first-order chi connectivity index (χ1) is 8.60. The molecule has 0 saturated carbocycles. The summed E-state index contributed by atoms with van der Waals surface area (Å²) in [6, 6.07) is 1.80. The Morgan fingerprint density at radius 2 is 2.00 bits per heavy atom. The molecule has 0 aliphatic rings. The number of ether oxygens (including phenoxy) is 3. The van der Waals surface area contributed by atoms with Crippen LogP contribution in [0.1, 0.15) is 19.8 Å². The normalized spacial score (nSPS) is 12.2. The molecule has 0 aliphatic carbocycles. The van der Waals surface area contributed by atoms with E-state index in [1.807, 2.05) is 6.92 Å². The second-order valence-electron chi connectivity index (χ2n) is 4.00. The lowest BCUT2D eigenvalue weighted by Crippen LogP contribution is -2.36. The molecule has 0 aliphatic heterocycles. The van der Waals surface area contributed by atoms with E-state index in [-0.39, 0.29) is 9.52 Å². The predicted molar refractivity (Wildman–Crippen MR) is 73.4 cm³/mol. The topological polar surface area (TPSA) is 82.8 Å². The highest BCUT2D eigenvalue weighted by atomic mass is 28.2. The van der Waals surface area contributed by atoms with Crippen LogP contribution in [0, 0.1) is 0 Å². The largest absolute Gasteiger partial charge is 0.352 e. The summed E-state index contributed by atoms with van der Waals surface area (Å²) in [4.78, 5) is 10.4. The fraction of sp³-hybridized carbons (Fsp3) is 0.909. The lowest BCUT2D eigenvalue weighted by molar-refractivity contribution is -0.363. The third-order valence-electron chi connectivity index (χ3n) is 2.75. The van der Waals surface area contributed by atoms with Gasteiger partial charge >= 0.3 is 6.03 Å². The van der Waals surface area contributed by atoms with Crippen LogP contribution in [0.15, 0.2) is 0 Å². The zero-order chi connectivity index (χ0) is 13.9. The number of hydrogen-bond donors (Lipinski definition) is 2. The molecule has 18 heavy (non-hydrogen) atoms. The van der Waals surface area contributed by atoms with Crippen LogP contribution in [0.3, 0.4) is 0 Å². The van der Waals surface area contributed by atoms with Gasteiger partial charge in [0.05, 0.1) is 6.61 Å².